The second-order valence-corrected chi connectivity index (χ2v) is 8.25. The predicted octanol–water partition coefficient (Wildman–Crippen LogP) is 2.28. The third-order valence-electron chi connectivity index (χ3n) is 5.98. The van der Waals surface area contributed by atoms with Crippen molar-refractivity contribution in [1.29, 1.82) is 0 Å². The molecule has 34 heavy (non-hydrogen) atoms. The van der Waals surface area contributed by atoms with E-state index in [9.17, 15) is 14.4 Å². The van der Waals surface area contributed by atoms with Crippen molar-refractivity contribution in [3.05, 3.63) is 33.9 Å². The number of fused-ring (bicyclic) bond motifs is 1. The maximum atomic E-state index is 12.3. The van der Waals surface area contributed by atoms with E-state index in [1.807, 2.05) is 19.9 Å². The number of ether oxygens (including phenoxy) is 5. The zero-order chi connectivity index (χ0) is 24.7. The molecular weight excluding hydrogens is 444 g/mol. The van der Waals surface area contributed by atoms with E-state index in [-0.39, 0.29) is 30.3 Å². The number of benzene rings is 1. The van der Waals surface area contributed by atoms with Crippen LogP contribution in [0.15, 0.2) is 11.6 Å². The van der Waals surface area contributed by atoms with Crippen LogP contribution in [0.3, 0.4) is 0 Å². The molecule has 0 aromatic heterocycles. The van der Waals surface area contributed by atoms with Crippen LogP contribution in [0, 0.1) is 6.92 Å². The molecule has 10 heteroatoms. The maximum absolute atomic E-state index is 12.3. The Morgan fingerprint density at radius 2 is 1.91 bits per heavy atom. The molecule has 0 spiro atoms. The van der Waals surface area contributed by atoms with Gasteiger partial charge in [-0.2, -0.15) is 0 Å². The molecule has 3 rings (SSSR count). The van der Waals surface area contributed by atoms with Gasteiger partial charge in [-0.15, -0.1) is 0 Å². The van der Waals surface area contributed by atoms with Gasteiger partial charge < -0.3 is 29.4 Å². The Balaban J connectivity index is 1.63. The summed E-state index contributed by atoms with van der Waals surface area (Å²) in [5.74, 6) is -0.273. The monoisotopic (exact) mass is 476 g/mol. The SMILES string of the molecule is COc1c(C)c2c(c(OC(N)=O)c1CC=C(C)CCC(=O)OCCN1CCOCC1)C(=O)OC2. The molecule has 0 unspecified atom stereocenters. The van der Waals surface area contributed by atoms with E-state index in [0.29, 0.717) is 56.1 Å². The molecular formula is C24H32N2O8. The van der Waals surface area contributed by atoms with E-state index in [1.165, 1.54) is 7.11 Å². The molecule has 10 nitrogen and oxygen atoms in total. The molecule has 1 aromatic rings. The van der Waals surface area contributed by atoms with Crippen LogP contribution in [-0.2, 0) is 32.0 Å². The molecule has 2 aliphatic heterocycles. The van der Waals surface area contributed by atoms with Crippen molar-refractivity contribution in [3.8, 4) is 11.5 Å². The van der Waals surface area contributed by atoms with Gasteiger partial charge >= 0.3 is 18.0 Å². The van der Waals surface area contributed by atoms with Crippen LogP contribution in [0.4, 0.5) is 4.79 Å². The van der Waals surface area contributed by atoms with Crippen LogP contribution in [0.1, 0.15) is 46.8 Å². The number of amides is 1. The van der Waals surface area contributed by atoms with Gasteiger partial charge in [0.05, 0.1) is 20.3 Å². The summed E-state index contributed by atoms with van der Waals surface area (Å²) in [6, 6.07) is 0. The largest absolute Gasteiger partial charge is 0.496 e. The van der Waals surface area contributed by atoms with Gasteiger partial charge in [-0.25, -0.2) is 9.59 Å². The zero-order valence-electron chi connectivity index (χ0n) is 19.9. The molecule has 1 fully saturated rings. The average Bonchev–Trinajstić information content (AvgIpc) is 3.20. The molecule has 2 aliphatic rings. The van der Waals surface area contributed by atoms with Crippen LogP contribution in [0.5, 0.6) is 11.5 Å². The Kier molecular flexibility index (Phi) is 8.89. The van der Waals surface area contributed by atoms with E-state index >= 15 is 0 Å². The maximum Gasteiger partial charge on any atom is 0.410 e. The smallest absolute Gasteiger partial charge is 0.410 e. The molecule has 0 aliphatic carbocycles. The van der Waals surface area contributed by atoms with E-state index in [4.69, 9.17) is 29.4 Å². The summed E-state index contributed by atoms with van der Waals surface area (Å²) < 4.78 is 26.6. The molecule has 2 N–H and O–H groups in total. The third kappa shape index (κ3) is 6.27. The van der Waals surface area contributed by atoms with E-state index < -0.39 is 12.1 Å². The van der Waals surface area contributed by atoms with Crippen molar-refractivity contribution in [3.63, 3.8) is 0 Å². The van der Waals surface area contributed by atoms with Crippen LogP contribution < -0.4 is 15.2 Å². The second-order valence-electron chi connectivity index (χ2n) is 8.25. The van der Waals surface area contributed by atoms with Crippen LogP contribution in [0.2, 0.25) is 0 Å². The minimum Gasteiger partial charge on any atom is -0.496 e. The van der Waals surface area contributed by atoms with Crippen molar-refractivity contribution in [1.82, 2.24) is 4.90 Å². The van der Waals surface area contributed by atoms with Gasteiger partial charge in [0.15, 0.2) is 5.75 Å². The highest BCUT2D eigenvalue weighted by Gasteiger charge is 2.33. The summed E-state index contributed by atoms with van der Waals surface area (Å²) in [4.78, 5) is 38.2. The molecule has 1 amide bonds. The van der Waals surface area contributed by atoms with Gasteiger partial charge in [0.1, 0.15) is 24.5 Å². The van der Waals surface area contributed by atoms with Crippen molar-refractivity contribution < 1.29 is 38.1 Å². The summed E-state index contributed by atoms with van der Waals surface area (Å²) >= 11 is 0. The van der Waals surface area contributed by atoms with E-state index in [1.54, 1.807) is 0 Å². The second kappa shape index (κ2) is 11.8. The number of carbonyl (C=O) groups excluding carboxylic acids is 3. The number of methoxy groups -OCH3 is 1. The topological polar surface area (TPSA) is 127 Å². The molecule has 1 aromatic carbocycles. The fraction of sp³-hybridized carbons (Fsp3) is 0.542. The van der Waals surface area contributed by atoms with Gasteiger partial charge in [-0.1, -0.05) is 11.6 Å². The lowest BCUT2D eigenvalue weighted by atomic mass is 9.94. The highest BCUT2D eigenvalue weighted by molar-refractivity contribution is 5.99. The van der Waals surface area contributed by atoms with Crippen LogP contribution in [-0.4, -0.2) is 69.5 Å². The Labute approximate surface area is 198 Å². The lowest BCUT2D eigenvalue weighted by Crippen LogP contribution is -2.38. The van der Waals surface area contributed by atoms with Crippen LogP contribution in [0.25, 0.3) is 0 Å². The van der Waals surface area contributed by atoms with E-state index in [2.05, 4.69) is 4.90 Å². The highest BCUT2D eigenvalue weighted by atomic mass is 16.6. The number of nitrogens with two attached hydrogens (primary N) is 1. The first-order valence-electron chi connectivity index (χ1n) is 11.3. The summed E-state index contributed by atoms with van der Waals surface area (Å²) in [5, 5.41) is 0. The summed E-state index contributed by atoms with van der Waals surface area (Å²) in [5.41, 5.74) is 8.27. The zero-order valence-corrected chi connectivity index (χ0v) is 19.9. The van der Waals surface area contributed by atoms with Crippen molar-refractivity contribution in [2.24, 2.45) is 5.73 Å². The lowest BCUT2D eigenvalue weighted by molar-refractivity contribution is -0.144. The number of primary amides is 1. The Hall–Kier alpha value is -3.11. The van der Waals surface area contributed by atoms with Crippen molar-refractivity contribution in [2.45, 2.75) is 39.7 Å². The third-order valence-corrected chi connectivity index (χ3v) is 5.98. The summed E-state index contributed by atoms with van der Waals surface area (Å²) in [6.07, 6.45) is 1.94. The molecule has 1 saturated heterocycles. The Morgan fingerprint density at radius 1 is 1.18 bits per heavy atom. The Morgan fingerprint density at radius 3 is 2.59 bits per heavy atom. The minimum atomic E-state index is -1.03. The number of hydrogen-bond donors (Lipinski definition) is 1. The quantitative estimate of drug-likeness (QED) is 0.400. The normalized spacial score (nSPS) is 16.1. The number of morpholine rings is 1. The fourth-order valence-electron chi connectivity index (χ4n) is 4.09. The predicted molar refractivity (Wildman–Crippen MR) is 122 cm³/mol. The summed E-state index contributed by atoms with van der Waals surface area (Å²) in [7, 11) is 1.51. The number of rotatable bonds is 10. The molecule has 186 valence electrons. The molecule has 0 atom stereocenters. The van der Waals surface area contributed by atoms with E-state index in [0.717, 1.165) is 24.2 Å². The van der Waals surface area contributed by atoms with Gasteiger partial charge in [0.2, 0.25) is 0 Å². The first-order valence-corrected chi connectivity index (χ1v) is 11.3. The average molecular weight is 477 g/mol. The molecule has 2 heterocycles. The van der Waals surface area contributed by atoms with Gasteiger partial charge in [0, 0.05) is 37.2 Å². The molecule has 0 bridgehead atoms. The molecule has 0 radical (unpaired) electrons. The van der Waals surface area contributed by atoms with Gasteiger partial charge in [-0.3, -0.25) is 9.69 Å². The first kappa shape index (κ1) is 25.5. The number of nitrogens with zero attached hydrogens (tertiary/aromatic N) is 1. The fourth-order valence-corrected chi connectivity index (χ4v) is 4.09. The minimum absolute atomic E-state index is 0.0547. The number of esters is 2. The van der Waals surface area contributed by atoms with Crippen molar-refractivity contribution in [2.75, 3.05) is 46.6 Å². The van der Waals surface area contributed by atoms with Crippen molar-refractivity contribution >= 4 is 18.0 Å². The lowest BCUT2D eigenvalue weighted by Gasteiger charge is -2.26. The van der Waals surface area contributed by atoms with Crippen LogP contribution >= 0.6 is 0 Å². The number of cyclic esters (lactones) is 1. The standard InChI is InChI=1S/C24H32N2O8/c1-15(5-7-19(27)32-13-10-26-8-11-31-12-9-26)4-6-17-21(30-3)16(2)18-14-33-23(28)20(18)22(17)34-24(25)29/h4H,5-14H2,1-3H3,(H2,25,29). The number of carbonyl (C=O) groups is 3. The summed E-state index contributed by atoms with van der Waals surface area (Å²) in [6.45, 7) is 7.98. The van der Waals surface area contributed by atoms with Gasteiger partial charge in [-0.05, 0) is 32.3 Å². The Bertz CT molecular complexity index is 966. The van der Waals surface area contributed by atoms with Gasteiger partial charge in [0.25, 0.3) is 0 Å². The highest BCUT2D eigenvalue weighted by Crippen LogP contribution is 2.42. The first-order chi connectivity index (χ1) is 16.3. The number of allylic oxidation sites excluding steroid dienone is 2. The molecule has 0 saturated carbocycles. The number of hydrogen-bond acceptors (Lipinski definition) is 9.